The van der Waals surface area contributed by atoms with Crippen LogP contribution in [0.3, 0.4) is 0 Å². The highest BCUT2D eigenvalue weighted by molar-refractivity contribution is 5.75. The van der Waals surface area contributed by atoms with E-state index in [0.29, 0.717) is 13.2 Å². The van der Waals surface area contributed by atoms with Gasteiger partial charge in [-0.15, -0.1) is 0 Å². The van der Waals surface area contributed by atoms with Crippen molar-refractivity contribution in [2.75, 3.05) is 26.4 Å². The van der Waals surface area contributed by atoms with E-state index in [1.165, 1.54) is 0 Å². The summed E-state index contributed by atoms with van der Waals surface area (Å²) < 4.78 is 24.1. The van der Waals surface area contributed by atoms with E-state index < -0.39 is 0 Å². The van der Waals surface area contributed by atoms with Crippen LogP contribution in [-0.4, -0.2) is 48.4 Å². The van der Waals surface area contributed by atoms with Crippen molar-refractivity contribution in [1.29, 1.82) is 0 Å². The Morgan fingerprint density at radius 3 is 1.75 bits per heavy atom. The summed E-state index contributed by atoms with van der Waals surface area (Å²) in [5.41, 5.74) is 5.29. The second-order valence-corrected chi connectivity index (χ2v) is 9.49. The van der Waals surface area contributed by atoms with Gasteiger partial charge in [-0.05, 0) is 76.2 Å². The Morgan fingerprint density at radius 2 is 1.31 bits per heavy atom. The number of rotatable bonds is 8. The smallest absolute Gasteiger partial charge is 0.119 e. The van der Waals surface area contributed by atoms with Gasteiger partial charge in [0.15, 0.2) is 0 Å². The summed E-state index contributed by atoms with van der Waals surface area (Å²) in [5.74, 6) is 1.71. The molecule has 2 aliphatic rings. The van der Waals surface area contributed by atoms with Crippen molar-refractivity contribution in [1.82, 2.24) is 9.78 Å². The van der Waals surface area contributed by atoms with Crippen LogP contribution in [0, 0.1) is 6.92 Å². The lowest BCUT2D eigenvalue weighted by molar-refractivity contribution is 0.263. The normalized spacial score (nSPS) is 19.6. The van der Waals surface area contributed by atoms with Crippen LogP contribution in [0.2, 0.25) is 0 Å². The third kappa shape index (κ3) is 4.66. The Kier molecular flexibility index (Phi) is 5.43. The van der Waals surface area contributed by atoms with Crippen LogP contribution in [0.15, 0.2) is 48.5 Å². The predicted octanol–water partition coefficient (Wildman–Crippen LogP) is 4.84. The van der Waals surface area contributed by atoms with Gasteiger partial charge in [-0.1, -0.05) is 0 Å². The molecule has 3 aromatic rings. The van der Waals surface area contributed by atoms with Gasteiger partial charge in [-0.25, -0.2) is 0 Å². The molecule has 2 aromatic carbocycles. The molecule has 2 atom stereocenters. The number of aromatic nitrogens is 2. The number of nitrogens with zero attached hydrogens (tertiary/aromatic N) is 2. The molecule has 2 fully saturated rings. The summed E-state index contributed by atoms with van der Waals surface area (Å²) in [6.07, 6.45) is 0.501. The minimum absolute atomic E-state index is 0.163. The van der Waals surface area contributed by atoms with Gasteiger partial charge in [0.05, 0.1) is 30.1 Å². The summed E-state index contributed by atoms with van der Waals surface area (Å²) >= 11 is 0. The van der Waals surface area contributed by atoms with E-state index >= 15 is 0 Å². The van der Waals surface area contributed by atoms with Crippen molar-refractivity contribution in [3.8, 4) is 34.0 Å². The van der Waals surface area contributed by atoms with E-state index in [4.69, 9.17) is 24.0 Å². The predicted molar refractivity (Wildman–Crippen MR) is 123 cm³/mol. The summed E-state index contributed by atoms with van der Waals surface area (Å²) in [5, 5.41) is 5.04. The van der Waals surface area contributed by atoms with E-state index in [-0.39, 0.29) is 17.7 Å². The van der Waals surface area contributed by atoms with Crippen molar-refractivity contribution in [3.63, 3.8) is 0 Å². The summed E-state index contributed by atoms with van der Waals surface area (Å²) in [6, 6.07) is 16.4. The molecule has 6 nitrogen and oxygen atoms in total. The molecule has 0 bridgehead atoms. The molecule has 3 heterocycles. The van der Waals surface area contributed by atoms with Crippen LogP contribution in [0.5, 0.6) is 11.5 Å². The minimum atomic E-state index is -0.163. The first-order valence-corrected chi connectivity index (χ1v) is 11.2. The molecule has 32 heavy (non-hydrogen) atoms. The average molecular weight is 435 g/mol. The van der Waals surface area contributed by atoms with Crippen LogP contribution >= 0.6 is 0 Å². The molecule has 0 radical (unpaired) electrons. The lowest BCUT2D eigenvalue weighted by Gasteiger charge is -2.23. The highest BCUT2D eigenvalue weighted by atomic mass is 16.6. The molecular formula is C26H30N2O4. The number of benzene rings is 2. The second-order valence-electron chi connectivity index (χ2n) is 9.49. The molecule has 5 rings (SSSR count). The van der Waals surface area contributed by atoms with Crippen LogP contribution in [-0.2, 0) is 15.0 Å². The van der Waals surface area contributed by atoms with Gasteiger partial charge in [0.2, 0.25) is 0 Å². The van der Waals surface area contributed by atoms with Gasteiger partial charge < -0.3 is 18.9 Å². The fourth-order valence-electron chi connectivity index (χ4n) is 3.72. The Hall–Kier alpha value is -2.83. The summed E-state index contributed by atoms with van der Waals surface area (Å²) in [4.78, 5) is 0. The fourth-order valence-corrected chi connectivity index (χ4v) is 3.72. The molecular weight excluding hydrogens is 404 g/mol. The maximum atomic E-state index is 5.81. The number of ether oxygens (including phenoxy) is 4. The maximum absolute atomic E-state index is 5.81. The zero-order valence-corrected chi connectivity index (χ0v) is 19.1. The van der Waals surface area contributed by atoms with E-state index in [2.05, 4.69) is 56.6 Å². The lowest BCUT2D eigenvalue weighted by atomic mass is 10.0. The molecule has 2 aliphatic heterocycles. The van der Waals surface area contributed by atoms with E-state index in [1.807, 2.05) is 24.3 Å². The van der Waals surface area contributed by atoms with Gasteiger partial charge in [-0.2, -0.15) is 5.10 Å². The van der Waals surface area contributed by atoms with Crippen LogP contribution < -0.4 is 9.47 Å². The second kappa shape index (κ2) is 8.26. The fraction of sp³-hybridized carbons (Fsp3) is 0.423. The number of epoxide rings is 2. The SMILES string of the molecule is Cc1c(-c2ccc(OCC3CO3)cc2)nn(C(C)(C)C)c1-c1ccc(OCC2CO2)cc1. The lowest BCUT2D eigenvalue weighted by Crippen LogP contribution is -2.24. The average Bonchev–Trinajstić information content (AvgIpc) is 3.70. The molecule has 0 aliphatic carbocycles. The van der Waals surface area contributed by atoms with Gasteiger partial charge >= 0.3 is 0 Å². The molecule has 0 N–H and O–H groups in total. The van der Waals surface area contributed by atoms with Gasteiger partial charge in [0.1, 0.15) is 36.9 Å². The summed E-state index contributed by atoms with van der Waals surface area (Å²) in [6.45, 7) is 11.5. The Labute approximate surface area is 189 Å². The molecule has 2 unspecified atom stereocenters. The minimum Gasteiger partial charge on any atom is -0.491 e. The van der Waals surface area contributed by atoms with E-state index in [1.54, 1.807) is 0 Å². The Morgan fingerprint density at radius 1 is 0.844 bits per heavy atom. The first-order valence-electron chi connectivity index (χ1n) is 11.2. The molecule has 6 heteroatoms. The first-order chi connectivity index (χ1) is 15.4. The number of hydrogen-bond acceptors (Lipinski definition) is 5. The Balaban J connectivity index is 1.43. The topological polar surface area (TPSA) is 61.3 Å². The molecule has 2 saturated heterocycles. The first kappa shape index (κ1) is 21.0. The van der Waals surface area contributed by atoms with Gasteiger partial charge in [-0.3, -0.25) is 4.68 Å². The van der Waals surface area contributed by atoms with Crippen LogP contribution in [0.25, 0.3) is 22.5 Å². The van der Waals surface area contributed by atoms with Crippen molar-refractivity contribution in [2.24, 2.45) is 0 Å². The quantitative estimate of drug-likeness (QED) is 0.475. The Bertz CT molecular complexity index is 1070. The summed E-state index contributed by atoms with van der Waals surface area (Å²) in [7, 11) is 0. The zero-order chi connectivity index (χ0) is 22.3. The largest absolute Gasteiger partial charge is 0.491 e. The van der Waals surface area contributed by atoms with Crippen LogP contribution in [0.4, 0.5) is 0 Å². The zero-order valence-electron chi connectivity index (χ0n) is 19.1. The van der Waals surface area contributed by atoms with Crippen molar-refractivity contribution in [3.05, 3.63) is 54.1 Å². The number of hydrogen-bond donors (Lipinski definition) is 0. The monoisotopic (exact) mass is 434 g/mol. The van der Waals surface area contributed by atoms with Crippen molar-refractivity contribution < 1.29 is 18.9 Å². The molecule has 0 amide bonds. The molecule has 0 saturated carbocycles. The molecule has 0 spiro atoms. The van der Waals surface area contributed by atoms with Crippen LogP contribution in [0.1, 0.15) is 26.3 Å². The maximum Gasteiger partial charge on any atom is 0.119 e. The van der Waals surface area contributed by atoms with Crippen molar-refractivity contribution in [2.45, 2.75) is 45.4 Å². The molecule has 168 valence electrons. The highest BCUT2D eigenvalue weighted by Gasteiger charge is 2.26. The highest BCUT2D eigenvalue weighted by Crippen LogP contribution is 2.36. The van der Waals surface area contributed by atoms with Gasteiger partial charge in [0.25, 0.3) is 0 Å². The van der Waals surface area contributed by atoms with Crippen molar-refractivity contribution >= 4 is 0 Å². The standard InChI is InChI=1S/C26H30N2O4/c1-17-24(18-5-9-20(10-6-18)29-13-22-15-31-22)27-28(26(2,3)4)25(17)19-7-11-21(12-8-19)30-14-23-16-32-23/h5-12,22-23H,13-16H2,1-4H3. The third-order valence-electron chi connectivity index (χ3n) is 5.69. The third-order valence-corrected chi connectivity index (χ3v) is 5.69. The van der Waals surface area contributed by atoms with Gasteiger partial charge in [0, 0.05) is 16.7 Å². The van der Waals surface area contributed by atoms with E-state index in [9.17, 15) is 0 Å². The van der Waals surface area contributed by atoms with E-state index in [0.717, 1.165) is 52.8 Å². The molecule has 1 aromatic heterocycles.